The number of hydrogen-bond acceptors (Lipinski definition) is 2. The number of pyridine rings is 1. The molecule has 1 unspecified atom stereocenters. The molecule has 1 N–H and O–H groups in total. The maximum atomic E-state index is 4.10. The lowest BCUT2D eigenvalue weighted by atomic mass is 9.84. The summed E-state index contributed by atoms with van der Waals surface area (Å²) >= 11 is 0. The molecule has 1 aliphatic carbocycles. The Morgan fingerprint density at radius 2 is 1.72 bits per heavy atom. The van der Waals surface area contributed by atoms with E-state index in [1.54, 1.807) is 11.1 Å². The van der Waals surface area contributed by atoms with E-state index in [1.807, 2.05) is 12.4 Å². The van der Waals surface area contributed by atoms with Crippen molar-refractivity contribution < 1.29 is 0 Å². The normalized spacial score (nSPS) is 16.4. The molecule has 2 nitrogen and oxygen atoms in total. The minimum absolute atomic E-state index is 0.748. The maximum absolute atomic E-state index is 4.10. The van der Waals surface area contributed by atoms with Crippen LogP contribution in [0.5, 0.6) is 0 Å². The maximum Gasteiger partial charge on any atom is 0.0273 e. The van der Waals surface area contributed by atoms with Crippen LogP contribution in [0.4, 0.5) is 0 Å². The monoisotopic (exact) mass is 328 g/mol. The molecule has 1 atom stereocenters. The van der Waals surface area contributed by atoms with Crippen molar-refractivity contribution in [3.8, 4) is 11.1 Å². The Morgan fingerprint density at radius 1 is 0.880 bits per heavy atom. The number of nitrogens with zero attached hydrogens (tertiary/aromatic N) is 1. The van der Waals surface area contributed by atoms with Crippen LogP contribution in [0.25, 0.3) is 11.1 Å². The van der Waals surface area contributed by atoms with Crippen LogP contribution in [0.2, 0.25) is 0 Å². The van der Waals surface area contributed by atoms with Gasteiger partial charge in [-0.15, -0.1) is 0 Å². The third-order valence-corrected chi connectivity index (χ3v) is 5.15. The Hall–Kier alpha value is -2.45. The molecule has 0 aliphatic heterocycles. The minimum Gasteiger partial charge on any atom is -0.312 e. The fourth-order valence-corrected chi connectivity index (χ4v) is 3.77. The van der Waals surface area contributed by atoms with Gasteiger partial charge in [-0.25, -0.2) is 0 Å². The SMILES string of the molecule is c1cc(CNCC2CCc3ccccc3C2)cc(-c2ccncc2)c1. The fraction of sp³-hybridized carbons (Fsp3) is 0.261. The van der Waals surface area contributed by atoms with Crippen molar-refractivity contribution in [3.63, 3.8) is 0 Å². The second-order valence-electron chi connectivity index (χ2n) is 6.94. The van der Waals surface area contributed by atoms with E-state index in [1.165, 1.54) is 36.0 Å². The summed E-state index contributed by atoms with van der Waals surface area (Å²) in [6.45, 7) is 2.02. The van der Waals surface area contributed by atoms with Crippen molar-refractivity contribution >= 4 is 0 Å². The van der Waals surface area contributed by atoms with Crippen molar-refractivity contribution in [1.29, 1.82) is 0 Å². The van der Waals surface area contributed by atoms with Crippen LogP contribution < -0.4 is 5.32 Å². The fourth-order valence-electron chi connectivity index (χ4n) is 3.77. The first-order valence-corrected chi connectivity index (χ1v) is 9.15. The van der Waals surface area contributed by atoms with Gasteiger partial charge in [0.05, 0.1) is 0 Å². The first-order valence-electron chi connectivity index (χ1n) is 9.15. The first-order chi connectivity index (χ1) is 12.4. The topological polar surface area (TPSA) is 24.9 Å². The largest absolute Gasteiger partial charge is 0.312 e. The summed E-state index contributed by atoms with van der Waals surface area (Å²) < 4.78 is 0. The molecule has 126 valence electrons. The molecule has 0 saturated heterocycles. The highest BCUT2D eigenvalue weighted by Crippen LogP contribution is 2.25. The van der Waals surface area contributed by atoms with Gasteiger partial charge in [0, 0.05) is 18.9 Å². The number of aromatic nitrogens is 1. The molecule has 1 heterocycles. The molecule has 0 radical (unpaired) electrons. The Kier molecular flexibility index (Phi) is 4.89. The lowest BCUT2D eigenvalue weighted by molar-refractivity contribution is 0.424. The summed E-state index contributed by atoms with van der Waals surface area (Å²) in [7, 11) is 0. The Balaban J connectivity index is 1.34. The molecule has 25 heavy (non-hydrogen) atoms. The predicted octanol–water partition coefficient (Wildman–Crippen LogP) is 4.64. The van der Waals surface area contributed by atoms with Gasteiger partial charge < -0.3 is 5.32 Å². The summed E-state index contributed by atoms with van der Waals surface area (Å²) in [6.07, 6.45) is 7.42. The summed E-state index contributed by atoms with van der Waals surface area (Å²) in [5.74, 6) is 0.748. The van der Waals surface area contributed by atoms with E-state index < -0.39 is 0 Å². The van der Waals surface area contributed by atoms with Gasteiger partial charge in [0.1, 0.15) is 0 Å². The lowest BCUT2D eigenvalue weighted by Crippen LogP contribution is -2.27. The molecule has 0 bridgehead atoms. The van der Waals surface area contributed by atoms with Crippen LogP contribution in [0.3, 0.4) is 0 Å². The molecule has 0 spiro atoms. The summed E-state index contributed by atoms with van der Waals surface area (Å²) in [4.78, 5) is 4.10. The van der Waals surface area contributed by atoms with Crippen molar-refractivity contribution in [3.05, 3.63) is 89.7 Å². The standard InChI is InChI=1S/C23H24N2/c1-2-6-22-15-19(8-9-20(22)5-1)17-25-16-18-4-3-7-23(14-18)21-10-12-24-13-11-21/h1-7,10-14,19,25H,8-9,15-17H2. The van der Waals surface area contributed by atoms with E-state index >= 15 is 0 Å². The average Bonchev–Trinajstić information content (AvgIpc) is 2.69. The van der Waals surface area contributed by atoms with Gasteiger partial charge in [-0.1, -0.05) is 42.5 Å². The zero-order valence-corrected chi connectivity index (χ0v) is 14.5. The van der Waals surface area contributed by atoms with Gasteiger partial charge in [-0.05, 0) is 77.7 Å². The van der Waals surface area contributed by atoms with Gasteiger partial charge in [-0.3, -0.25) is 4.98 Å². The molecule has 0 amide bonds. The molecule has 2 heteroatoms. The van der Waals surface area contributed by atoms with Gasteiger partial charge in [-0.2, -0.15) is 0 Å². The second-order valence-corrected chi connectivity index (χ2v) is 6.94. The molecule has 2 aromatic carbocycles. The van der Waals surface area contributed by atoms with Gasteiger partial charge in [0.15, 0.2) is 0 Å². The number of nitrogens with one attached hydrogen (secondary N) is 1. The highest BCUT2D eigenvalue weighted by atomic mass is 14.9. The molecule has 0 fully saturated rings. The van der Waals surface area contributed by atoms with Crippen LogP contribution in [0.1, 0.15) is 23.1 Å². The molecule has 1 aliphatic rings. The Labute approximate surface area is 149 Å². The Bertz CT molecular complexity index is 826. The highest BCUT2D eigenvalue weighted by Gasteiger charge is 2.17. The third-order valence-electron chi connectivity index (χ3n) is 5.15. The molecule has 3 aromatic rings. The summed E-state index contributed by atoms with van der Waals surface area (Å²) in [5, 5.41) is 3.67. The van der Waals surface area contributed by atoms with E-state index in [0.29, 0.717) is 0 Å². The van der Waals surface area contributed by atoms with Crippen molar-refractivity contribution in [1.82, 2.24) is 10.3 Å². The van der Waals surface area contributed by atoms with Crippen LogP contribution in [0, 0.1) is 5.92 Å². The molecular formula is C23H24N2. The average molecular weight is 328 g/mol. The highest BCUT2D eigenvalue weighted by molar-refractivity contribution is 5.63. The van der Waals surface area contributed by atoms with Crippen LogP contribution in [0.15, 0.2) is 73.1 Å². The summed E-state index contributed by atoms with van der Waals surface area (Å²) in [5.41, 5.74) is 6.91. The first kappa shape index (κ1) is 16.0. The number of rotatable bonds is 5. The van der Waals surface area contributed by atoms with E-state index in [4.69, 9.17) is 0 Å². The number of aryl methyl sites for hydroxylation is 1. The molecule has 0 saturated carbocycles. The number of fused-ring (bicyclic) bond motifs is 1. The van der Waals surface area contributed by atoms with E-state index in [2.05, 4.69) is 71.0 Å². The van der Waals surface area contributed by atoms with Gasteiger partial charge in [0.25, 0.3) is 0 Å². The van der Waals surface area contributed by atoms with Crippen molar-refractivity contribution in [2.75, 3.05) is 6.54 Å². The number of benzene rings is 2. The number of hydrogen-bond donors (Lipinski definition) is 1. The molecule has 1 aromatic heterocycles. The van der Waals surface area contributed by atoms with E-state index in [-0.39, 0.29) is 0 Å². The lowest BCUT2D eigenvalue weighted by Gasteiger charge is -2.24. The zero-order chi connectivity index (χ0) is 16.9. The van der Waals surface area contributed by atoms with Gasteiger partial charge >= 0.3 is 0 Å². The van der Waals surface area contributed by atoms with Crippen LogP contribution in [-0.4, -0.2) is 11.5 Å². The minimum atomic E-state index is 0.748. The summed E-state index contributed by atoms with van der Waals surface area (Å²) in [6, 6.07) is 21.8. The van der Waals surface area contributed by atoms with Crippen LogP contribution in [-0.2, 0) is 19.4 Å². The molecular weight excluding hydrogens is 304 g/mol. The van der Waals surface area contributed by atoms with E-state index in [9.17, 15) is 0 Å². The zero-order valence-electron chi connectivity index (χ0n) is 14.5. The smallest absolute Gasteiger partial charge is 0.0273 e. The predicted molar refractivity (Wildman–Crippen MR) is 103 cm³/mol. The van der Waals surface area contributed by atoms with E-state index in [0.717, 1.165) is 19.0 Å². The van der Waals surface area contributed by atoms with Crippen molar-refractivity contribution in [2.24, 2.45) is 5.92 Å². The van der Waals surface area contributed by atoms with Crippen LogP contribution >= 0.6 is 0 Å². The Morgan fingerprint density at radius 3 is 2.60 bits per heavy atom. The van der Waals surface area contributed by atoms with Crippen molar-refractivity contribution in [2.45, 2.75) is 25.8 Å². The second kappa shape index (κ2) is 7.62. The van der Waals surface area contributed by atoms with Gasteiger partial charge in [0.2, 0.25) is 0 Å². The quantitative estimate of drug-likeness (QED) is 0.738. The molecule has 4 rings (SSSR count). The third kappa shape index (κ3) is 3.97.